The second-order valence-corrected chi connectivity index (χ2v) is 7.79. The maximum atomic E-state index is 12.8. The molecule has 0 fully saturated rings. The quantitative estimate of drug-likeness (QED) is 0.809. The van der Waals surface area contributed by atoms with Crippen molar-refractivity contribution in [2.75, 3.05) is 6.54 Å². The van der Waals surface area contributed by atoms with E-state index in [9.17, 15) is 9.59 Å². The maximum Gasteiger partial charge on any atom is 0.274 e. The summed E-state index contributed by atoms with van der Waals surface area (Å²) < 4.78 is 1.63. The molecule has 1 aliphatic carbocycles. The molecule has 0 aliphatic heterocycles. The summed E-state index contributed by atoms with van der Waals surface area (Å²) in [5.74, 6) is 0.717. The van der Waals surface area contributed by atoms with E-state index in [1.54, 1.807) is 4.68 Å². The van der Waals surface area contributed by atoms with E-state index in [0.717, 1.165) is 49.2 Å². The number of carbonyl (C=O) groups excluding carboxylic acids is 1. The lowest BCUT2D eigenvalue weighted by Gasteiger charge is -2.15. The van der Waals surface area contributed by atoms with Gasteiger partial charge in [-0.1, -0.05) is 31.5 Å². The van der Waals surface area contributed by atoms with Gasteiger partial charge in [0.1, 0.15) is 0 Å². The van der Waals surface area contributed by atoms with E-state index >= 15 is 0 Å². The topological polar surface area (TPSA) is 66.9 Å². The van der Waals surface area contributed by atoms with E-state index < -0.39 is 0 Å². The van der Waals surface area contributed by atoms with Crippen LogP contribution in [0.25, 0.3) is 5.69 Å². The fraction of sp³-hybridized carbons (Fsp3) is 0.524. The van der Waals surface area contributed by atoms with Gasteiger partial charge in [-0.25, -0.2) is 4.68 Å². The minimum atomic E-state index is -0.00446. The van der Waals surface area contributed by atoms with Crippen LogP contribution in [0.5, 0.6) is 0 Å². The Kier molecular flexibility index (Phi) is 5.64. The van der Waals surface area contributed by atoms with E-state index in [1.807, 2.05) is 31.2 Å². The predicted octanol–water partition coefficient (Wildman–Crippen LogP) is 3.13. The Labute approximate surface area is 154 Å². The van der Waals surface area contributed by atoms with E-state index in [4.69, 9.17) is 0 Å². The molecule has 1 unspecified atom stereocenters. The largest absolute Gasteiger partial charge is 0.356 e. The molecule has 0 spiro atoms. The summed E-state index contributed by atoms with van der Waals surface area (Å²) in [6, 6.07) is 7.92. The molecule has 1 aromatic carbocycles. The molecular formula is C21H29N3O2. The molecule has 0 saturated heterocycles. The maximum absolute atomic E-state index is 12.8. The van der Waals surface area contributed by atoms with Crippen LogP contribution in [0.3, 0.4) is 0 Å². The van der Waals surface area contributed by atoms with E-state index in [1.165, 1.54) is 5.56 Å². The highest BCUT2D eigenvalue weighted by atomic mass is 16.2. The van der Waals surface area contributed by atoms with Crippen molar-refractivity contribution in [1.82, 2.24) is 15.1 Å². The molecule has 1 aromatic heterocycles. The lowest BCUT2D eigenvalue weighted by molar-refractivity contribution is -0.125. The first-order valence-electron chi connectivity index (χ1n) is 9.63. The molecule has 1 atom stereocenters. The number of aromatic nitrogens is 2. The molecule has 26 heavy (non-hydrogen) atoms. The van der Waals surface area contributed by atoms with Crippen LogP contribution in [0.1, 0.15) is 49.9 Å². The number of nitrogens with one attached hydrogen (secondary N) is 2. The number of aromatic amines is 1. The first-order valence-corrected chi connectivity index (χ1v) is 9.63. The smallest absolute Gasteiger partial charge is 0.274 e. The third-order valence-corrected chi connectivity index (χ3v) is 5.24. The SMILES string of the molecule is Cc1ccc(-n2[nH]c3c(c2=O)CCC(C(=O)NCCC(C)C)CC3)cc1. The summed E-state index contributed by atoms with van der Waals surface area (Å²) in [5, 5.41) is 6.32. The minimum absolute atomic E-state index is 0.00446. The standard InChI is InChI=1S/C21H29N3O2/c1-14(2)12-13-22-20(25)16-6-10-18-19(11-7-16)23-24(21(18)26)17-8-4-15(3)5-9-17/h4-5,8-9,14,16,23H,6-7,10-13H2,1-3H3,(H,22,25). The van der Waals surface area contributed by atoms with E-state index in [2.05, 4.69) is 24.3 Å². The van der Waals surface area contributed by atoms with E-state index in [0.29, 0.717) is 12.3 Å². The molecule has 0 saturated carbocycles. The van der Waals surface area contributed by atoms with Gasteiger partial charge in [0.2, 0.25) is 5.91 Å². The summed E-state index contributed by atoms with van der Waals surface area (Å²) in [5.41, 5.74) is 3.86. The van der Waals surface area contributed by atoms with Crippen LogP contribution >= 0.6 is 0 Å². The van der Waals surface area contributed by atoms with Crippen LogP contribution in [0, 0.1) is 18.8 Å². The monoisotopic (exact) mass is 355 g/mol. The van der Waals surface area contributed by atoms with Crippen molar-refractivity contribution < 1.29 is 4.79 Å². The number of nitrogens with zero attached hydrogens (tertiary/aromatic N) is 1. The molecule has 5 nitrogen and oxygen atoms in total. The zero-order valence-corrected chi connectivity index (χ0v) is 16.0. The highest BCUT2D eigenvalue weighted by Gasteiger charge is 2.25. The van der Waals surface area contributed by atoms with Crippen molar-refractivity contribution in [3.63, 3.8) is 0 Å². The van der Waals surface area contributed by atoms with Gasteiger partial charge in [0, 0.05) is 23.7 Å². The molecule has 140 valence electrons. The fourth-order valence-electron chi connectivity index (χ4n) is 3.53. The van der Waals surface area contributed by atoms with Gasteiger partial charge in [0.25, 0.3) is 5.56 Å². The third-order valence-electron chi connectivity index (χ3n) is 5.24. The van der Waals surface area contributed by atoms with Gasteiger partial charge in [-0.05, 0) is 57.1 Å². The van der Waals surface area contributed by atoms with Gasteiger partial charge in [-0.3, -0.25) is 14.7 Å². The number of hydrogen-bond acceptors (Lipinski definition) is 2. The predicted molar refractivity (Wildman–Crippen MR) is 104 cm³/mol. The number of aryl methyl sites for hydroxylation is 2. The highest BCUT2D eigenvalue weighted by Crippen LogP contribution is 2.23. The molecule has 1 amide bonds. The van der Waals surface area contributed by atoms with Crippen LogP contribution in [0.2, 0.25) is 0 Å². The first-order chi connectivity index (χ1) is 12.5. The number of rotatable bonds is 5. The van der Waals surface area contributed by atoms with E-state index in [-0.39, 0.29) is 17.4 Å². The molecule has 0 bridgehead atoms. The highest BCUT2D eigenvalue weighted by molar-refractivity contribution is 5.78. The second-order valence-electron chi connectivity index (χ2n) is 7.79. The molecule has 2 aromatic rings. The number of amides is 1. The Balaban J connectivity index is 1.69. The number of hydrogen-bond donors (Lipinski definition) is 2. The van der Waals surface area contributed by atoms with Gasteiger partial charge in [0.15, 0.2) is 0 Å². The van der Waals surface area contributed by atoms with Crippen LogP contribution < -0.4 is 10.9 Å². The Hall–Kier alpha value is -2.30. The zero-order chi connectivity index (χ0) is 18.7. The van der Waals surface area contributed by atoms with Crippen LogP contribution in [-0.2, 0) is 17.6 Å². The number of H-pyrrole nitrogens is 1. The van der Waals surface area contributed by atoms with Crippen LogP contribution in [-0.4, -0.2) is 22.2 Å². The Morgan fingerprint density at radius 3 is 2.62 bits per heavy atom. The van der Waals surface area contributed by atoms with Gasteiger partial charge in [-0.15, -0.1) is 0 Å². The van der Waals surface area contributed by atoms with Gasteiger partial charge in [0.05, 0.1) is 5.69 Å². The molecular weight excluding hydrogens is 326 g/mol. The van der Waals surface area contributed by atoms with Crippen molar-refractivity contribution in [2.24, 2.45) is 11.8 Å². The molecule has 2 N–H and O–H groups in total. The van der Waals surface area contributed by atoms with Crippen molar-refractivity contribution in [3.8, 4) is 5.69 Å². The van der Waals surface area contributed by atoms with Gasteiger partial charge < -0.3 is 5.32 Å². The lowest BCUT2D eigenvalue weighted by Crippen LogP contribution is -2.32. The van der Waals surface area contributed by atoms with Gasteiger partial charge >= 0.3 is 0 Å². The Morgan fingerprint density at radius 2 is 1.92 bits per heavy atom. The normalized spacial score (nSPS) is 17.0. The van der Waals surface area contributed by atoms with Crippen molar-refractivity contribution in [2.45, 2.75) is 52.9 Å². The number of fused-ring (bicyclic) bond motifs is 1. The number of carbonyl (C=O) groups is 1. The summed E-state index contributed by atoms with van der Waals surface area (Å²) in [6.45, 7) is 7.08. The Morgan fingerprint density at radius 1 is 1.23 bits per heavy atom. The van der Waals surface area contributed by atoms with Crippen LogP contribution in [0.15, 0.2) is 29.1 Å². The van der Waals surface area contributed by atoms with Gasteiger partial charge in [-0.2, -0.15) is 0 Å². The average Bonchev–Trinajstić information content (AvgIpc) is 2.79. The van der Waals surface area contributed by atoms with Crippen molar-refractivity contribution >= 4 is 5.91 Å². The summed E-state index contributed by atoms with van der Waals surface area (Å²) in [4.78, 5) is 25.2. The summed E-state index contributed by atoms with van der Waals surface area (Å²) in [6.07, 6.45) is 3.92. The Bertz CT molecular complexity index is 815. The fourth-order valence-corrected chi connectivity index (χ4v) is 3.53. The first kappa shape index (κ1) is 18.5. The lowest BCUT2D eigenvalue weighted by atomic mass is 9.98. The molecule has 1 aliphatic rings. The zero-order valence-electron chi connectivity index (χ0n) is 16.0. The molecule has 1 heterocycles. The van der Waals surface area contributed by atoms with Crippen molar-refractivity contribution in [1.29, 1.82) is 0 Å². The van der Waals surface area contributed by atoms with Crippen molar-refractivity contribution in [3.05, 3.63) is 51.4 Å². The molecule has 3 rings (SSSR count). The summed E-state index contributed by atoms with van der Waals surface area (Å²) in [7, 11) is 0. The third kappa shape index (κ3) is 4.09. The molecule has 5 heteroatoms. The molecule has 0 radical (unpaired) electrons. The van der Waals surface area contributed by atoms with Crippen LogP contribution in [0.4, 0.5) is 0 Å². The summed E-state index contributed by atoms with van der Waals surface area (Å²) >= 11 is 0. The average molecular weight is 355 g/mol. The minimum Gasteiger partial charge on any atom is -0.356 e. The number of benzene rings is 1. The second kappa shape index (κ2) is 7.94.